The van der Waals surface area contributed by atoms with Crippen LogP contribution in [0.25, 0.3) is 0 Å². The number of sulfonamides is 1. The van der Waals surface area contributed by atoms with Crippen LogP contribution in [0.5, 0.6) is 0 Å². The Labute approximate surface area is 286 Å². The molecule has 0 aliphatic heterocycles. The van der Waals surface area contributed by atoms with E-state index in [-0.39, 0.29) is 40.4 Å². The zero-order valence-corrected chi connectivity index (χ0v) is 28.9. The second kappa shape index (κ2) is 15.8. The number of halogens is 3. The lowest BCUT2D eigenvalue weighted by atomic mass is 10.0. The summed E-state index contributed by atoms with van der Waals surface area (Å²) in [5.41, 5.74) is 2.54. The van der Waals surface area contributed by atoms with Gasteiger partial charge in [0, 0.05) is 24.5 Å². The monoisotopic (exact) mass is 699 g/mol. The summed E-state index contributed by atoms with van der Waals surface area (Å²) in [6, 6.07) is 26.0. The number of nitrogens with zero attached hydrogens (tertiary/aromatic N) is 2. The van der Waals surface area contributed by atoms with E-state index in [2.05, 4.69) is 5.32 Å². The van der Waals surface area contributed by atoms with Crippen molar-refractivity contribution in [2.75, 3.05) is 17.4 Å². The van der Waals surface area contributed by atoms with Crippen LogP contribution in [0, 0.1) is 12.8 Å². The van der Waals surface area contributed by atoms with Crippen molar-refractivity contribution in [1.82, 2.24) is 10.2 Å². The Bertz CT molecular complexity index is 1770. The van der Waals surface area contributed by atoms with Crippen molar-refractivity contribution < 1.29 is 18.0 Å². The predicted octanol–water partition coefficient (Wildman–Crippen LogP) is 7.56. The third-order valence-corrected chi connectivity index (χ3v) is 10.0. The number of aryl methyl sites for hydroxylation is 1. The molecule has 0 aliphatic rings. The van der Waals surface area contributed by atoms with Crippen LogP contribution in [-0.4, -0.2) is 44.3 Å². The lowest BCUT2D eigenvalue weighted by Gasteiger charge is -2.34. The minimum absolute atomic E-state index is 0.0115. The van der Waals surface area contributed by atoms with Crippen molar-refractivity contribution >= 4 is 62.3 Å². The first-order valence-corrected chi connectivity index (χ1v) is 17.3. The van der Waals surface area contributed by atoms with E-state index in [1.54, 1.807) is 48.5 Å². The lowest BCUT2D eigenvalue weighted by Crippen LogP contribution is -2.53. The van der Waals surface area contributed by atoms with E-state index in [0.717, 1.165) is 15.4 Å². The lowest BCUT2D eigenvalue weighted by molar-refractivity contribution is -0.140. The molecule has 11 heteroatoms. The van der Waals surface area contributed by atoms with E-state index < -0.39 is 28.5 Å². The molecule has 0 bridgehead atoms. The maximum Gasteiger partial charge on any atom is 0.264 e. The molecule has 2 amide bonds. The zero-order chi connectivity index (χ0) is 33.4. The van der Waals surface area contributed by atoms with Gasteiger partial charge in [-0.3, -0.25) is 13.9 Å². The van der Waals surface area contributed by atoms with Gasteiger partial charge in [0.25, 0.3) is 10.0 Å². The van der Waals surface area contributed by atoms with Crippen molar-refractivity contribution in [1.29, 1.82) is 0 Å². The molecule has 4 aromatic rings. The van der Waals surface area contributed by atoms with Gasteiger partial charge >= 0.3 is 0 Å². The van der Waals surface area contributed by atoms with Gasteiger partial charge in [-0.25, -0.2) is 8.42 Å². The maximum atomic E-state index is 14.5. The predicted molar refractivity (Wildman–Crippen MR) is 186 cm³/mol. The summed E-state index contributed by atoms with van der Waals surface area (Å²) in [5, 5.41) is 3.90. The number of amides is 2. The van der Waals surface area contributed by atoms with Crippen LogP contribution in [0.2, 0.25) is 15.1 Å². The number of carbonyl (C=O) groups is 2. The van der Waals surface area contributed by atoms with Gasteiger partial charge in [0.05, 0.1) is 20.6 Å². The van der Waals surface area contributed by atoms with E-state index in [9.17, 15) is 18.0 Å². The molecule has 1 N–H and O–H groups in total. The van der Waals surface area contributed by atoms with Gasteiger partial charge in [-0.1, -0.05) is 109 Å². The molecule has 0 radical (unpaired) electrons. The summed E-state index contributed by atoms with van der Waals surface area (Å²) in [6.07, 6.45) is 0.194. The number of rotatable bonds is 13. The summed E-state index contributed by atoms with van der Waals surface area (Å²) in [7, 11) is -4.24. The third kappa shape index (κ3) is 9.26. The minimum atomic E-state index is -4.24. The first-order chi connectivity index (χ1) is 21.8. The molecule has 0 aromatic heterocycles. The standard InChI is InChI=1S/C35H36Cl3N3O4S/c1-24(2)21-39-35(43)33(19-26-8-5-4-6-9-26)40(22-27-14-17-31(37)32(38)18-27)34(42)23-41(29-11-7-10-28(36)20-29)46(44,45)30-15-12-25(3)13-16-30/h4-18,20,24,33H,19,21-23H2,1-3H3,(H,39,43). The fraction of sp³-hybridized carbons (Fsp3) is 0.257. The first-order valence-electron chi connectivity index (χ1n) is 14.7. The van der Waals surface area contributed by atoms with E-state index >= 15 is 0 Å². The van der Waals surface area contributed by atoms with Crippen molar-refractivity contribution in [2.24, 2.45) is 5.92 Å². The molecule has 0 spiro atoms. The highest BCUT2D eigenvalue weighted by atomic mass is 35.5. The van der Waals surface area contributed by atoms with Gasteiger partial charge < -0.3 is 10.2 Å². The Morgan fingerprint density at radius 2 is 1.50 bits per heavy atom. The highest BCUT2D eigenvalue weighted by molar-refractivity contribution is 7.92. The Balaban J connectivity index is 1.81. The summed E-state index contributed by atoms with van der Waals surface area (Å²) >= 11 is 18.8. The van der Waals surface area contributed by atoms with Crippen LogP contribution in [0.3, 0.4) is 0 Å². The summed E-state index contributed by atoms with van der Waals surface area (Å²) in [6.45, 7) is 5.58. The summed E-state index contributed by atoms with van der Waals surface area (Å²) < 4.78 is 29.3. The number of carbonyl (C=O) groups excluding carboxylic acids is 2. The summed E-state index contributed by atoms with van der Waals surface area (Å²) in [4.78, 5) is 29.8. The molecule has 46 heavy (non-hydrogen) atoms. The average Bonchev–Trinajstić information content (AvgIpc) is 3.02. The maximum absolute atomic E-state index is 14.5. The molecular weight excluding hydrogens is 665 g/mol. The first kappa shape index (κ1) is 35.3. The zero-order valence-electron chi connectivity index (χ0n) is 25.8. The van der Waals surface area contributed by atoms with Crippen LogP contribution in [0.4, 0.5) is 5.69 Å². The molecular formula is C35H36Cl3N3O4S. The van der Waals surface area contributed by atoms with Crippen LogP contribution in [0.15, 0.2) is 102 Å². The van der Waals surface area contributed by atoms with Gasteiger partial charge in [-0.2, -0.15) is 0 Å². The van der Waals surface area contributed by atoms with Crippen LogP contribution in [0.1, 0.15) is 30.5 Å². The summed E-state index contributed by atoms with van der Waals surface area (Å²) in [5.74, 6) is -0.789. The third-order valence-electron chi connectivity index (χ3n) is 7.28. The van der Waals surface area contributed by atoms with Crippen LogP contribution < -0.4 is 9.62 Å². The minimum Gasteiger partial charge on any atom is -0.354 e. The Morgan fingerprint density at radius 3 is 2.13 bits per heavy atom. The van der Waals surface area contributed by atoms with Crippen molar-refractivity contribution in [3.63, 3.8) is 0 Å². The van der Waals surface area contributed by atoms with Crippen molar-refractivity contribution in [3.05, 3.63) is 129 Å². The van der Waals surface area contributed by atoms with E-state index in [0.29, 0.717) is 22.2 Å². The van der Waals surface area contributed by atoms with Gasteiger partial charge in [0.2, 0.25) is 11.8 Å². The molecule has 4 rings (SSSR count). The molecule has 0 fully saturated rings. The van der Waals surface area contributed by atoms with Crippen LogP contribution in [-0.2, 0) is 32.6 Å². The largest absolute Gasteiger partial charge is 0.354 e. The van der Waals surface area contributed by atoms with Gasteiger partial charge in [0.15, 0.2) is 0 Å². The molecule has 0 saturated heterocycles. The Morgan fingerprint density at radius 1 is 0.804 bits per heavy atom. The highest BCUT2D eigenvalue weighted by Crippen LogP contribution is 2.28. The molecule has 7 nitrogen and oxygen atoms in total. The smallest absolute Gasteiger partial charge is 0.264 e. The number of nitrogens with one attached hydrogen (secondary N) is 1. The highest BCUT2D eigenvalue weighted by Gasteiger charge is 2.34. The topological polar surface area (TPSA) is 86.8 Å². The number of anilines is 1. The average molecular weight is 701 g/mol. The number of benzene rings is 4. The number of hydrogen-bond donors (Lipinski definition) is 1. The second-order valence-corrected chi connectivity index (χ2v) is 14.5. The van der Waals surface area contributed by atoms with Gasteiger partial charge in [0.1, 0.15) is 12.6 Å². The molecule has 242 valence electrons. The molecule has 0 aliphatic carbocycles. The molecule has 1 atom stereocenters. The van der Waals surface area contributed by atoms with Crippen LogP contribution >= 0.6 is 34.8 Å². The number of hydrogen-bond acceptors (Lipinski definition) is 4. The normalized spacial score (nSPS) is 12.1. The Hall–Kier alpha value is -3.56. The fourth-order valence-corrected chi connectivity index (χ4v) is 6.72. The second-order valence-electron chi connectivity index (χ2n) is 11.4. The fourth-order valence-electron chi connectivity index (χ4n) is 4.81. The van der Waals surface area contributed by atoms with E-state index in [1.807, 2.05) is 51.1 Å². The van der Waals surface area contributed by atoms with Gasteiger partial charge in [-0.15, -0.1) is 0 Å². The molecule has 0 heterocycles. The van der Waals surface area contributed by atoms with E-state index in [1.165, 1.54) is 23.1 Å². The van der Waals surface area contributed by atoms with Crippen molar-refractivity contribution in [2.45, 2.75) is 44.7 Å². The molecule has 1 unspecified atom stereocenters. The van der Waals surface area contributed by atoms with E-state index in [4.69, 9.17) is 34.8 Å². The Kier molecular flexibility index (Phi) is 12.1. The molecule has 4 aromatic carbocycles. The van der Waals surface area contributed by atoms with Crippen molar-refractivity contribution in [3.8, 4) is 0 Å². The van der Waals surface area contributed by atoms with Gasteiger partial charge in [-0.05, 0) is 66.4 Å². The quantitative estimate of drug-likeness (QED) is 0.156. The molecule has 0 saturated carbocycles. The SMILES string of the molecule is Cc1ccc(S(=O)(=O)N(CC(=O)N(Cc2ccc(Cl)c(Cl)c2)C(Cc2ccccc2)C(=O)NCC(C)C)c2cccc(Cl)c2)cc1.